The van der Waals surface area contributed by atoms with Gasteiger partial charge in [0.25, 0.3) is 5.91 Å². The number of carbonyl (C=O) groups is 18. The molecule has 30 heteroatoms. The Morgan fingerprint density at radius 1 is 0.285 bits per heavy atom. The summed E-state index contributed by atoms with van der Waals surface area (Å²) < 4.78 is 0. The lowest BCUT2D eigenvalue weighted by Crippen LogP contribution is -2.59. The standard InChI is InChI=1S/C21H22N2O3.C18H16N2O3.C16H12N2O3.C15H18N2O3.C12H12N2O3.C11H10N2O3/c1-2-3-14-18-19(24)22(15-16-10-6-4-7-11-16)21(26)23(20(18)25)17-12-8-5-9-13-17;1-12-7-9-14(10-8-12)15-16(21)19-18(23)20(17(15)22)11-13-5-3-2-4-6-13;19-14-13(11-7-3-1-4-8-11)15(20)18(16(21)17-14)12-9-5-2-6-10-12;1-2-3-9-17-14(19)12(13(18)16-15(17)20)10-11-7-5-4-6-8-11;1-14-11(16)9(10(15)13-12(14)17)7-8-5-3-2-4-6-8;14-9-8(10(15)13-11(16)12-9)6-7-4-2-1-3-5-7/h4-13,18H,2-3,14-15H2,1H3;2-10,15H,11H2,1H3,(H,19,21,23);1-10,13H,(H,17,19,21);4-8,12H,2-3,9-10H2,1H3,(H,16,18,20);2-6,9H,7H2,1H3,(H,13,15,17);1-5,8H,6H2,(H2,12,13,14,15,16). The number of hydrogen-bond donors (Lipinski definition) is 6. The number of aryl methyl sites for hydroxylation is 1. The van der Waals surface area contributed by atoms with Gasteiger partial charge in [-0.2, -0.15) is 0 Å². The molecule has 5 atom stereocenters. The van der Waals surface area contributed by atoms with E-state index in [1.807, 2.05) is 191 Å². The van der Waals surface area contributed by atoms with Gasteiger partial charge in [-0.3, -0.25) is 109 Å². The van der Waals surface area contributed by atoms with Gasteiger partial charge < -0.3 is 0 Å². The van der Waals surface area contributed by atoms with E-state index in [4.69, 9.17) is 0 Å². The Bertz CT molecular complexity index is 5290. The summed E-state index contributed by atoms with van der Waals surface area (Å²) >= 11 is 0. The maximum atomic E-state index is 13.0. The molecule has 24 amide bonds. The van der Waals surface area contributed by atoms with Crippen molar-refractivity contribution in [2.75, 3.05) is 23.4 Å². The molecule has 6 N–H and O–H groups in total. The first-order valence-corrected chi connectivity index (χ1v) is 39.7. The molecule has 6 saturated heterocycles. The van der Waals surface area contributed by atoms with Gasteiger partial charge in [-0.05, 0) is 102 Å². The molecule has 6 fully saturated rings. The highest BCUT2D eigenvalue weighted by Crippen LogP contribution is 2.31. The molecule has 630 valence electrons. The molecule has 9 aromatic rings. The number of nitrogens with zero attached hydrogens (tertiary/aromatic N) is 6. The topological polar surface area (TPSA) is 399 Å². The third-order valence-corrected chi connectivity index (χ3v) is 20.2. The fourth-order valence-electron chi connectivity index (χ4n) is 13.6. The first kappa shape index (κ1) is 90.0. The number of benzene rings is 9. The van der Waals surface area contributed by atoms with E-state index in [9.17, 15) is 86.3 Å². The van der Waals surface area contributed by atoms with Crippen molar-refractivity contribution < 1.29 is 86.3 Å². The summed E-state index contributed by atoms with van der Waals surface area (Å²) in [5.74, 6) is -11.3. The van der Waals surface area contributed by atoms with E-state index in [0.717, 1.165) is 83.6 Å². The molecular formula is C93H90N12O18. The summed E-state index contributed by atoms with van der Waals surface area (Å²) in [5, 5.41) is 13.1. The monoisotopic (exact) mass is 1660 g/mol. The summed E-state index contributed by atoms with van der Waals surface area (Å²) in [4.78, 5) is 223. The molecule has 123 heavy (non-hydrogen) atoms. The summed E-state index contributed by atoms with van der Waals surface area (Å²) in [6.45, 7) is 6.59. The Morgan fingerprint density at radius 2 is 0.634 bits per heavy atom. The van der Waals surface area contributed by atoms with Gasteiger partial charge in [-0.1, -0.05) is 281 Å². The molecule has 0 spiro atoms. The van der Waals surface area contributed by atoms with Crippen LogP contribution in [-0.4, -0.2) is 140 Å². The summed E-state index contributed by atoms with van der Waals surface area (Å²) in [5.41, 5.74) is 7.48. The van der Waals surface area contributed by atoms with Crippen LogP contribution >= 0.6 is 0 Å². The number of anilines is 2. The lowest BCUT2D eigenvalue weighted by atomic mass is 9.94. The minimum absolute atomic E-state index is 0.140. The van der Waals surface area contributed by atoms with Crippen LogP contribution in [0.4, 0.5) is 40.1 Å². The molecule has 0 aliphatic carbocycles. The van der Waals surface area contributed by atoms with Crippen LogP contribution in [0.3, 0.4) is 0 Å². The van der Waals surface area contributed by atoms with Crippen molar-refractivity contribution in [2.24, 2.45) is 23.7 Å². The molecule has 30 nitrogen and oxygen atoms in total. The van der Waals surface area contributed by atoms with Crippen molar-refractivity contribution in [3.63, 3.8) is 0 Å². The third kappa shape index (κ3) is 23.6. The lowest BCUT2D eigenvalue weighted by Gasteiger charge is -2.37. The first-order valence-electron chi connectivity index (χ1n) is 39.7. The molecule has 0 aromatic heterocycles. The number of carbonyl (C=O) groups excluding carboxylic acids is 18. The predicted molar refractivity (Wildman–Crippen MR) is 449 cm³/mol. The zero-order chi connectivity index (χ0) is 88.2. The van der Waals surface area contributed by atoms with Gasteiger partial charge in [0, 0.05) is 13.6 Å². The van der Waals surface area contributed by atoms with Crippen LogP contribution in [0.5, 0.6) is 0 Å². The maximum Gasteiger partial charge on any atom is 0.338 e. The molecule has 9 aromatic carbocycles. The number of nitrogens with one attached hydrogen (secondary N) is 6. The van der Waals surface area contributed by atoms with Gasteiger partial charge in [0.15, 0.2) is 0 Å². The number of unbranched alkanes of at least 4 members (excludes halogenated alkanes) is 2. The number of rotatable bonds is 20. The number of amides is 24. The van der Waals surface area contributed by atoms with Gasteiger partial charge in [0.1, 0.15) is 35.5 Å². The van der Waals surface area contributed by atoms with Crippen LogP contribution in [0.2, 0.25) is 0 Å². The van der Waals surface area contributed by atoms with E-state index < -0.39 is 143 Å². The quantitative estimate of drug-likeness (QED) is 0.0386. The Balaban J connectivity index is 0.000000156. The molecule has 6 aliphatic rings. The fraction of sp³-hybridized carbons (Fsp3) is 0.226. The minimum Gasteiger partial charge on any atom is -0.277 e. The van der Waals surface area contributed by atoms with Crippen molar-refractivity contribution in [1.29, 1.82) is 0 Å². The highest BCUT2D eigenvalue weighted by atomic mass is 16.2. The van der Waals surface area contributed by atoms with Gasteiger partial charge in [-0.15, -0.1) is 0 Å². The van der Waals surface area contributed by atoms with E-state index in [-0.39, 0.29) is 13.1 Å². The number of para-hydroxylation sites is 2. The van der Waals surface area contributed by atoms with Crippen LogP contribution in [0, 0.1) is 30.6 Å². The second-order valence-corrected chi connectivity index (χ2v) is 29.0. The van der Waals surface area contributed by atoms with E-state index >= 15 is 0 Å². The molecular weight excluding hydrogens is 1570 g/mol. The molecule has 5 unspecified atom stereocenters. The summed E-state index contributed by atoms with van der Waals surface area (Å²) in [7, 11) is 1.36. The Morgan fingerprint density at radius 3 is 1.10 bits per heavy atom. The Hall–Kier alpha value is -15.4. The number of hydrogen-bond acceptors (Lipinski definition) is 18. The SMILES string of the molecule is CCCCC1C(=O)N(Cc2ccccc2)C(=O)N(c2ccccc2)C1=O.CCCCN1C(=O)NC(=O)C(Cc2ccccc2)C1=O.CN1C(=O)NC(=O)C(Cc2ccccc2)C1=O.Cc1ccc(C2C(=O)NC(=O)N(Cc3ccccc3)C2=O)cc1.O=C1NC(=O)C(Cc2ccccc2)C(=O)N1.O=C1NC(=O)N(c2ccccc2)C(=O)C1c1ccccc1. The molecule has 0 saturated carbocycles. The predicted octanol–water partition coefficient (Wildman–Crippen LogP) is 10.9. The smallest absolute Gasteiger partial charge is 0.277 e. The highest BCUT2D eigenvalue weighted by Gasteiger charge is 2.48. The van der Waals surface area contributed by atoms with Crippen molar-refractivity contribution in [2.45, 2.75) is 97.1 Å². The third-order valence-electron chi connectivity index (χ3n) is 20.2. The Kier molecular flexibility index (Phi) is 31.7. The van der Waals surface area contributed by atoms with Crippen molar-refractivity contribution >= 4 is 118 Å². The molecule has 0 radical (unpaired) electrons. The number of imide groups is 12. The average molecular weight is 1660 g/mol. The van der Waals surface area contributed by atoms with Gasteiger partial charge in [0.05, 0.1) is 24.5 Å². The molecule has 15 rings (SSSR count). The number of urea groups is 6. The normalized spacial score (nSPS) is 18.4. The van der Waals surface area contributed by atoms with Gasteiger partial charge >= 0.3 is 36.2 Å². The van der Waals surface area contributed by atoms with Crippen molar-refractivity contribution in [3.8, 4) is 0 Å². The van der Waals surface area contributed by atoms with Crippen LogP contribution in [-0.2, 0) is 89.9 Å². The zero-order valence-corrected chi connectivity index (χ0v) is 67.7. The molecule has 6 aliphatic heterocycles. The minimum atomic E-state index is -1.01. The fourth-order valence-corrected chi connectivity index (χ4v) is 13.6. The van der Waals surface area contributed by atoms with E-state index in [0.29, 0.717) is 54.7 Å². The maximum absolute atomic E-state index is 13.0. The lowest BCUT2D eigenvalue weighted by molar-refractivity contribution is -0.144. The molecule has 6 heterocycles. The summed E-state index contributed by atoms with van der Waals surface area (Å²) in [6.07, 6.45) is 4.65. The van der Waals surface area contributed by atoms with E-state index in [2.05, 4.69) is 31.9 Å². The van der Waals surface area contributed by atoms with Crippen molar-refractivity contribution in [3.05, 3.63) is 311 Å². The van der Waals surface area contributed by atoms with Crippen LogP contribution in [0.15, 0.2) is 267 Å². The van der Waals surface area contributed by atoms with Crippen LogP contribution in [0.25, 0.3) is 0 Å². The van der Waals surface area contributed by atoms with Gasteiger partial charge in [-0.25, -0.2) is 38.6 Å². The van der Waals surface area contributed by atoms with Crippen LogP contribution in [0.1, 0.15) is 102 Å². The molecule has 0 bridgehead atoms. The zero-order valence-electron chi connectivity index (χ0n) is 67.7. The highest BCUT2D eigenvalue weighted by molar-refractivity contribution is 6.30. The second kappa shape index (κ2) is 43.4. The average Bonchev–Trinajstić information content (AvgIpc) is 0.748. The number of barbiturate groups is 6. The van der Waals surface area contributed by atoms with E-state index in [1.165, 1.54) is 11.9 Å². The van der Waals surface area contributed by atoms with E-state index in [1.54, 1.807) is 97.1 Å². The summed E-state index contributed by atoms with van der Waals surface area (Å²) in [6, 6.07) is 75.5. The first-order chi connectivity index (χ1) is 59.3. The van der Waals surface area contributed by atoms with Crippen molar-refractivity contribution in [1.82, 2.24) is 51.5 Å². The van der Waals surface area contributed by atoms with Crippen LogP contribution < -0.4 is 41.7 Å². The van der Waals surface area contributed by atoms with Gasteiger partial charge in [0.2, 0.25) is 65.0 Å². The second-order valence-electron chi connectivity index (χ2n) is 29.0. The largest absolute Gasteiger partial charge is 0.338 e. The Labute approximate surface area is 708 Å².